The fourth-order valence-electron chi connectivity index (χ4n) is 1.36. The molecule has 5 nitrogen and oxygen atoms in total. The molecule has 0 unspecified atom stereocenters. The van der Waals surface area contributed by atoms with E-state index in [1.54, 1.807) is 19.2 Å². The molecule has 0 radical (unpaired) electrons. The van der Waals surface area contributed by atoms with Gasteiger partial charge in [0.25, 0.3) is 0 Å². The molecule has 0 aliphatic heterocycles. The molecule has 5 heteroatoms. The summed E-state index contributed by atoms with van der Waals surface area (Å²) in [5.74, 6) is 0.469. The summed E-state index contributed by atoms with van der Waals surface area (Å²) in [6.45, 7) is 3.28. The molecule has 0 spiro atoms. The molecule has 0 atom stereocenters. The summed E-state index contributed by atoms with van der Waals surface area (Å²) in [7, 11) is 0. The molecular formula is C11H10N4O. The maximum atomic E-state index is 11.2. The van der Waals surface area contributed by atoms with Gasteiger partial charge in [-0.2, -0.15) is 0 Å². The van der Waals surface area contributed by atoms with Crippen molar-refractivity contribution >= 4 is 5.78 Å². The molecule has 80 valence electrons. The Bertz CT molecular complexity index is 525. The molecule has 0 N–H and O–H groups in total. The van der Waals surface area contributed by atoms with Crippen LogP contribution in [-0.4, -0.2) is 25.7 Å². The van der Waals surface area contributed by atoms with Crippen molar-refractivity contribution in [1.29, 1.82) is 0 Å². The van der Waals surface area contributed by atoms with E-state index in [2.05, 4.69) is 19.9 Å². The highest BCUT2D eigenvalue weighted by Gasteiger charge is 2.08. The van der Waals surface area contributed by atoms with Gasteiger partial charge in [-0.25, -0.2) is 19.9 Å². The molecule has 0 saturated carbocycles. The van der Waals surface area contributed by atoms with E-state index >= 15 is 0 Å². The Balaban J connectivity index is 2.46. The minimum atomic E-state index is -0.0354. The lowest BCUT2D eigenvalue weighted by Gasteiger charge is -2.03. The molecule has 0 saturated heterocycles. The van der Waals surface area contributed by atoms with Crippen LogP contribution in [0.3, 0.4) is 0 Å². The smallest absolute Gasteiger partial charge is 0.178 e. The first kappa shape index (κ1) is 10.4. The Kier molecular flexibility index (Phi) is 2.68. The molecule has 0 amide bonds. The Morgan fingerprint density at radius 1 is 1.31 bits per heavy atom. The standard InChI is InChI=1S/C11H10N4O/c1-7-9(8(2)16)5-13-11(15-7)10-3-4-12-6-14-10/h3-6H,1-2H3. The first-order chi connectivity index (χ1) is 7.68. The van der Waals surface area contributed by atoms with E-state index in [1.807, 2.05) is 0 Å². The monoisotopic (exact) mass is 214 g/mol. The van der Waals surface area contributed by atoms with Crippen molar-refractivity contribution in [3.63, 3.8) is 0 Å². The van der Waals surface area contributed by atoms with Crippen molar-refractivity contribution in [1.82, 2.24) is 19.9 Å². The molecule has 0 fully saturated rings. The summed E-state index contributed by atoms with van der Waals surface area (Å²) in [4.78, 5) is 27.4. The molecule has 2 aromatic heterocycles. The Labute approximate surface area is 92.6 Å². The number of Topliss-reactive ketones (excluding diaryl/α,β-unsaturated/α-hetero) is 1. The molecule has 0 aliphatic rings. The average molecular weight is 214 g/mol. The second-order valence-electron chi connectivity index (χ2n) is 3.34. The minimum Gasteiger partial charge on any atom is -0.294 e. The van der Waals surface area contributed by atoms with E-state index in [9.17, 15) is 4.79 Å². The second-order valence-corrected chi connectivity index (χ2v) is 3.34. The van der Waals surface area contributed by atoms with E-state index in [0.717, 1.165) is 0 Å². The lowest BCUT2D eigenvalue weighted by Crippen LogP contribution is -2.02. The van der Waals surface area contributed by atoms with Crippen LogP contribution < -0.4 is 0 Å². The van der Waals surface area contributed by atoms with E-state index in [-0.39, 0.29) is 5.78 Å². The number of nitrogens with zero attached hydrogens (tertiary/aromatic N) is 4. The lowest BCUT2D eigenvalue weighted by atomic mass is 10.2. The molecule has 2 rings (SSSR count). The normalized spacial score (nSPS) is 10.1. The van der Waals surface area contributed by atoms with Crippen LogP contribution in [0.25, 0.3) is 11.5 Å². The van der Waals surface area contributed by atoms with Gasteiger partial charge >= 0.3 is 0 Å². The lowest BCUT2D eigenvalue weighted by molar-refractivity contribution is 0.101. The van der Waals surface area contributed by atoms with Gasteiger partial charge in [-0.1, -0.05) is 0 Å². The van der Waals surface area contributed by atoms with Crippen molar-refractivity contribution in [3.8, 4) is 11.5 Å². The second kappa shape index (κ2) is 4.14. The molecule has 0 bridgehead atoms. The summed E-state index contributed by atoms with van der Waals surface area (Å²) in [6.07, 6.45) is 4.59. The summed E-state index contributed by atoms with van der Waals surface area (Å²) < 4.78 is 0. The van der Waals surface area contributed by atoms with E-state index in [4.69, 9.17) is 0 Å². The molecule has 2 aromatic rings. The zero-order chi connectivity index (χ0) is 11.5. The van der Waals surface area contributed by atoms with Gasteiger partial charge < -0.3 is 0 Å². The van der Waals surface area contributed by atoms with Crippen molar-refractivity contribution in [2.24, 2.45) is 0 Å². The summed E-state index contributed by atoms with van der Waals surface area (Å²) in [6, 6.07) is 1.72. The summed E-state index contributed by atoms with van der Waals surface area (Å²) in [5.41, 5.74) is 1.85. The van der Waals surface area contributed by atoms with Gasteiger partial charge in [-0.05, 0) is 19.9 Å². The minimum absolute atomic E-state index is 0.0354. The van der Waals surface area contributed by atoms with Gasteiger partial charge in [-0.15, -0.1) is 0 Å². The van der Waals surface area contributed by atoms with Crippen LogP contribution in [0.4, 0.5) is 0 Å². The van der Waals surface area contributed by atoms with Crippen LogP contribution in [0.15, 0.2) is 24.8 Å². The Morgan fingerprint density at radius 3 is 2.69 bits per heavy atom. The van der Waals surface area contributed by atoms with Crippen molar-refractivity contribution in [2.75, 3.05) is 0 Å². The topological polar surface area (TPSA) is 68.6 Å². The predicted molar refractivity (Wildman–Crippen MR) is 57.8 cm³/mol. The van der Waals surface area contributed by atoms with E-state index < -0.39 is 0 Å². The Morgan fingerprint density at radius 2 is 2.12 bits per heavy atom. The number of ketones is 1. The number of hydrogen-bond acceptors (Lipinski definition) is 5. The highest BCUT2D eigenvalue weighted by Crippen LogP contribution is 2.12. The maximum Gasteiger partial charge on any atom is 0.178 e. The van der Waals surface area contributed by atoms with Crippen LogP contribution in [0.1, 0.15) is 23.0 Å². The van der Waals surface area contributed by atoms with Crippen LogP contribution in [-0.2, 0) is 0 Å². The summed E-state index contributed by atoms with van der Waals surface area (Å²) in [5, 5.41) is 0. The zero-order valence-corrected chi connectivity index (χ0v) is 9.01. The highest BCUT2D eigenvalue weighted by molar-refractivity contribution is 5.94. The fourth-order valence-corrected chi connectivity index (χ4v) is 1.36. The van der Waals surface area contributed by atoms with Crippen molar-refractivity contribution in [3.05, 3.63) is 36.0 Å². The van der Waals surface area contributed by atoms with Gasteiger partial charge in [0.05, 0.1) is 11.3 Å². The number of rotatable bonds is 2. The number of aromatic nitrogens is 4. The Hall–Kier alpha value is -2.17. The first-order valence-electron chi connectivity index (χ1n) is 4.79. The van der Waals surface area contributed by atoms with Crippen molar-refractivity contribution < 1.29 is 4.79 Å². The average Bonchev–Trinajstić information content (AvgIpc) is 2.29. The maximum absolute atomic E-state index is 11.2. The molecule has 2 heterocycles. The van der Waals surface area contributed by atoms with Crippen molar-refractivity contribution in [2.45, 2.75) is 13.8 Å². The van der Waals surface area contributed by atoms with Gasteiger partial charge in [0.1, 0.15) is 12.0 Å². The number of carbonyl (C=O) groups excluding carboxylic acids is 1. The molecule has 0 aliphatic carbocycles. The molecule has 16 heavy (non-hydrogen) atoms. The quantitative estimate of drug-likeness (QED) is 0.707. The number of aryl methyl sites for hydroxylation is 1. The number of carbonyl (C=O) groups is 1. The third-order valence-corrected chi connectivity index (χ3v) is 2.17. The van der Waals surface area contributed by atoms with Crippen LogP contribution in [0.2, 0.25) is 0 Å². The van der Waals surface area contributed by atoms with Gasteiger partial charge in [0, 0.05) is 12.4 Å². The number of hydrogen-bond donors (Lipinski definition) is 0. The summed E-state index contributed by atoms with van der Waals surface area (Å²) >= 11 is 0. The van der Waals surface area contributed by atoms with E-state index in [1.165, 1.54) is 19.4 Å². The van der Waals surface area contributed by atoms with Gasteiger partial charge in [0.15, 0.2) is 11.6 Å². The van der Waals surface area contributed by atoms with Crippen LogP contribution in [0.5, 0.6) is 0 Å². The predicted octanol–water partition coefficient (Wildman–Crippen LogP) is 1.44. The van der Waals surface area contributed by atoms with Gasteiger partial charge in [-0.3, -0.25) is 4.79 Å². The SMILES string of the molecule is CC(=O)c1cnc(-c2ccncn2)nc1C. The third kappa shape index (κ3) is 1.93. The molecule has 0 aromatic carbocycles. The van der Waals surface area contributed by atoms with Crippen LogP contribution in [0, 0.1) is 6.92 Å². The fraction of sp³-hybridized carbons (Fsp3) is 0.182. The van der Waals surface area contributed by atoms with Crippen LogP contribution >= 0.6 is 0 Å². The third-order valence-electron chi connectivity index (χ3n) is 2.17. The molecular weight excluding hydrogens is 204 g/mol. The largest absolute Gasteiger partial charge is 0.294 e. The van der Waals surface area contributed by atoms with Gasteiger partial charge in [0.2, 0.25) is 0 Å². The first-order valence-corrected chi connectivity index (χ1v) is 4.79. The zero-order valence-electron chi connectivity index (χ0n) is 9.01. The van der Waals surface area contributed by atoms with E-state index in [0.29, 0.717) is 22.8 Å². The highest BCUT2D eigenvalue weighted by atomic mass is 16.1.